The maximum absolute atomic E-state index is 13.6. The van der Waals surface area contributed by atoms with Gasteiger partial charge >= 0.3 is 24.0 Å². The molecular weight excluding hydrogens is 337 g/mol. The summed E-state index contributed by atoms with van der Waals surface area (Å²) >= 11 is 0. The van der Waals surface area contributed by atoms with Crippen molar-refractivity contribution in [1.82, 2.24) is 0 Å². The number of aliphatic hydroxyl groups excluding tert-OH is 1. The molecule has 0 radical (unpaired) electrons. The fraction of sp³-hybridized carbons (Fsp3) is 0.462. The normalized spacial score (nSPS) is 14.5. The van der Waals surface area contributed by atoms with Gasteiger partial charge in [-0.25, -0.2) is 9.18 Å². The Balaban J connectivity index is 3.15. The van der Waals surface area contributed by atoms with Crippen LogP contribution in [0, 0.1) is 0 Å². The number of halogens is 7. The van der Waals surface area contributed by atoms with E-state index in [1.807, 2.05) is 0 Å². The van der Waals surface area contributed by atoms with Gasteiger partial charge in [-0.05, 0) is 17.7 Å². The van der Waals surface area contributed by atoms with Crippen molar-refractivity contribution in [3.8, 4) is 0 Å². The van der Waals surface area contributed by atoms with Crippen LogP contribution in [0.4, 0.5) is 30.7 Å². The summed E-state index contributed by atoms with van der Waals surface area (Å²) in [6.07, 6.45) is -17.2. The van der Waals surface area contributed by atoms with Crippen LogP contribution in [-0.2, 0) is 4.74 Å². The van der Waals surface area contributed by atoms with Crippen molar-refractivity contribution in [3.05, 3.63) is 35.4 Å². The first-order chi connectivity index (χ1) is 10.3. The van der Waals surface area contributed by atoms with Gasteiger partial charge in [0.25, 0.3) is 0 Å². The lowest BCUT2D eigenvalue weighted by molar-refractivity contribution is -0.347. The monoisotopic (exact) mass is 348 g/mol. The molecule has 0 heterocycles. The molecule has 0 aliphatic heterocycles. The number of benzene rings is 1. The van der Waals surface area contributed by atoms with Crippen LogP contribution >= 0.6 is 0 Å². The van der Waals surface area contributed by atoms with E-state index in [1.54, 1.807) is 0 Å². The van der Waals surface area contributed by atoms with Crippen LogP contribution in [0.5, 0.6) is 0 Å². The number of hydrogen-bond acceptors (Lipinski definition) is 3. The van der Waals surface area contributed by atoms with E-state index < -0.39 is 42.1 Å². The average Bonchev–Trinajstić information content (AvgIpc) is 2.44. The van der Waals surface area contributed by atoms with Crippen LogP contribution < -0.4 is 0 Å². The van der Waals surface area contributed by atoms with Crippen molar-refractivity contribution in [2.45, 2.75) is 30.5 Å². The maximum Gasteiger partial charge on any atom is 0.431 e. The van der Waals surface area contributed by atoms with E-state index in [1.165, 1.54) is 0 Å². The number of carbonyl (C=O) groups is 1. The van der Waals surface area contributed by atoms with Gasteiger partial charge in [0.15, 0.2) is 0 Å². The molecule has 1 aromatic carbocycles. The molecule has 1 aromatic rings. The van der Waals surface area contributed by atoms with E-state index in [4.69, 9.17) is 0 Å². The van der Waals surface area contributed by atoms with E-state index in [0.717, 1.165) is 31.4 Å². The maximum atomic E-state index is 13.6. The van der Waals surface area contributed by atoms with Gasteiger partial charge in [0.1, 0.15) is 0 Å². The Hall–Kier alpha value is -1.84. The first-order valence-electron chi connectivity index (χ1n) is 6.02. The first-order valence-corrected chi connectivity index (χ1v) is 6.02. The largest absolute Gasteiger partial charge is 0.465 e. The molecule has 1 N–H and O–H groups in total. The molecule has 130 valence electrons. The highest BCUT2D eigenvalue weighted by Gasteiger charge is 2.72. The van der Waals surface area contributed by atoms with Crippen LogP contribution in [0.15, 0.2) is 24.3 Å². The number of methoxy groups -OCH3 is 1. The number of esters is 1. The van der Waals surface area contributed by atoms with Crippen LogP contribution in [0.2, 0.25) is 0 Å². The molecule has 10 heteroatoms. The highest BCUT2D eigenvalue weighted by Crippen LogP contribution is 2.50. The van der Waals surface area contributed by atoms with Gasteiger partial charge in [0.05, 0.1) is 18.8 Å². The van der Waals surface area contributed by atoms with Gasteiger partial charge in [-0.15, -0.1) is 0 Å². The Morgan fingerprint density at radius 2 is 1.65 bits per heavy atom. The molecule has 1 rings (SSSR count). The smallest absolute Gasteiger partial charge is 0.431 e. The molecule has 0 fully saturated rings. The number of carbonyl (C=O) groups excluding carboxylic acids is 1. The summed E-state index contributed by atoms with van der Waals surface area (Å²) in [5.74, 6) is -0.919. The minimum absolute atomic E-state index is 0.215. The van der Waals surface area contributed by atoms with Crippen molar-refractivity contribution < 1.29 is 45.4 Å². The number of hydrogen-bond donors (Lipinski definition) is 1. The van der Waals surface area contributed by atoms with Crippen molar-refractivity contribution in [2.75, 3.05) is 7.11 Å². The highest BCUT2D eigenvalue weighted by molar-refractivity contribution is 5.89. The van der Waals surface area contributed by atoms with Crippen LogP contribution in [0.25, 0.3) is 0 Å². The van der Waals surface area contributed by atoms with Crippen molar-refractivity contribution in [2.24, 2.45) is 0 Å². The van der Waals surface area contributed by atoms with Crippen LogP contribution in [0.3, 0.4) is 0 Å². The van der Waals surface area contributed by atoms with Crippen molar-refractivity contribution in [3.63, 3.8) is 0 Å². The summed E-state index contributed by atoms with van der Waals surface area (Å²) < 4.78 is 92.6. The standard InChI is InChI=1S/C13H11F7O3/c1-23-10(22)8-4-2-3-7(5-8)9(21)6-11(14,12(15,16)17)13(18,19)20/h2-5,9,21H,6H2,1H3. The lowest BCUT2D eigenvalue weighted by atomic mass is 9.92. The SMILES string of the molecule is COC(=O)c1cccc(C(O)CC(F)(C(F)(F)F)C(F)(F)F)c1. The van der Waals surface area contributed by atoms with Crippen LogP contribution in [0.1, 0.15) is 28.4 Å². The molecule has 0 spiro atoms. The summed E-state index contributed by atoms with van der Waals surface area (Å²) in [5.41, 5.74) is -6.28. The van der Waals surface area contributed by atoms with Gasteiger partial charge in [0.2, 0.25) is 0 Å². The minimum Gasteiger partial charge on any atom is -0.465 e. The fourth-order valence-corrected chi connectivity index (χ4v) is 1.77. The summed E-state index contributed by atoms with van der Waals surface area (Å²) in [5, 5.41) is 9.57. The van der Waals surface area contributed by atoms with E-state index in [0.29, 0.717) is 0 Å². The number of ether oxygens (including phenoxy) is 1. The quantitative estimate of drug-likeness (QED) is 0.666. The Morgan fingerprint density at radius 1 is 1.13 bits per heavy atom. The van der Waals surface area contributed by atoms with E-state index >= 15 is 0 Å². The number of rotatable bonds is 4. The third kappa shape index (κ3) is 3.92. The second kappa shape index (κ2) is 6.34. The number of alkyl halides is 7. The third-order valence-corrected chi connectivity index (χ3v) is 3.07. The van der Waals surface area contributed by atoms with Gasteiger partial charge in [-0.1, -0.05) is 12.1 Å². The van der Waals surface area contributed by atoms with Gasteiger partial charge < -0.3 is 9.84 Å². The second-order valence-electron chi connectivity index (χ2n) is 4.63. The lowest BCUT2D eigenvalue weighted by Crippen LogP contribution is -2.54. The van der Waals surface area contributed by atoms with Gasteiger partial charge in [-0.3, -0.25) is 0 Å². The summed E-state index contributed by atoms with van der Waals surface area (Å²) in [4.78, 5) is 11.3. The molecule has 23 heavy (non-hydrogen) atoms. The fourth-order valence-electron chi connectivity index (χ4n) is 1.77. The molecule has 0 aromatic heterocycles. The molecule has 0 aliphatic rings. The lowest BCUT2D eigenvalue weighted by Gasteiger charge is -2.31. The van der Waals surface area contributed by atoms with E-state index in [9.17, 15) is 40.6 Å². The minimum atomic E-state index is -6.26. The zero-order valence-electron chi connectivity index (χ0n) is 11.5. The highest BCUT2D eigenvalue weighted by atomic mass is 19.4. The summed E-state index contributed by atoms with van der Waals surface area (Å²) in [7, 11) is 1.01. The summed E-state index contributed by atoms with van der Waals surface area (Å²) in [6.45, 7) is 0. The molecule has 0 amide bonds. The summed E-state index contributed by atoms with van der Waals surface area (Å²) in [6, 6.07) is 4.05. The van der Waals surface area contributed by atoms with Crippen molar-refractivity contribution >= 4 is 5.97 Å². The third-order valence-electron chi connectivity index (χ3n) is 3.07. The molecule has 0 aliphatic carbocycles. The van der Waals surface area contributed by atoms with Gasteiger partial charge in [-0.2, -0.15) is 26.3 Å². The van der Waals surface area contributed by atoms with Gasteiger partial charge in [0, 0.05) is 6.42 Å². The Morgan fingerprint density at radius 3 is 2.09 bits per heavy atom. The Bertz CT molecular complexity index is 551. The zero-order chi connectivity index (χ0) is 18.1. The van der Waals surface area contributed by atoms with Crippen LogP contribution in [-0.4, -0.2) is 36.2 Å². The van der Waals surface area contributed by atoms with E-state index in [-0.39, 0.29) is 5.56 Å². The predicted molar refractivity (Wildman–Crippen MR) is 63.3 cm³/mol. The predicted octanol–water partition coefficient (Wildman–Crippen LogP) is 3.73. The average molecular weight is 348 g/mol. The number of aliphatic hydroxyl groups is 1. The topological polar surface area (TPSA) is 46.5 Å². The molecule has 3 nitrogen and oxygen atoms in total. The van der Waals surface area contributed by atoms with E-state index in [2.05, 4.69) is 4.74 Å². The molecule has 0 bridgehead atoms. The Labute approximate surface area is 125 Å². The molecule has 1 unspecified atom stereocenters. The molecule has 1 atom stereocenters. The van der Waals surface area contributed by atoms with Crippen molar-refractivity contribution in [1.29, 1.82) is 0 Å². The molecule has 0 saturated carbocycles. The molecule has 0 saturated heterocycles. The Kier molecular flexibility index (Phi) is 5.30. The second-order valence-corrected chi connectivity index (χ2v) is 4.63. The first kappa shape index (κ1) is 19.2. The molecular formula is C13H11F7O3. The zero-order valence-corrected chi connectivity index (χ0v) is 11.5.